The first-order valence-corrected chi connectivity index (χ1v) is 5.89. The lowest BCUT2D eigenvalue weighted by Crippen LogP contribution is -2.14. The molecule has 0 bridgehead atoms. The summed E-state index contributed by atoms with van der Waals surface area (Å²) >= 11 is 0. The van der Waals surface area contributed by atoms with Crippen molar-refractivity contribution in [2.24, 2.45) is 5.73 Å². The first-order chi connectivity index (χ1) is 8.29. The fourth-order valence-electron chi connectivity index (χ4n) is 1.79. The minimum absolute atomic E-state index is 0.0644. The summed E-state index contributed by atoms with van der Waals surface area (Å²) in [5.41, 5.74) is 9.59. The largest absolute Gasteiger partial charge is 0.322 e. The van der Waals surface area contributed by atoms with Gasteiger partial charge in [-0.2, -0.15) is 0 Å². The van der Waals surface area contributed by atoms with Crippen LogP contribution >= 0.6 is 0 Å². The minimum atomic E-state index is -0.0644. The van der Waals surface area contributed by atoms with E-state index >= 15 is 0 Å². The average molecular weight is 227 g/mol. The molecule has 0 saturated heterocycles. The lowest BCUT2D eigenvalue weighted by molar-refractivity contribution is 0.692. The van der Waals surface area contributed by atoms with Crippen molar-refractivity contribution >= 4 is 0 Å². The van der Waals surface area contributed by atoms with Crippen LogP contribution in [0, 0.1) is 0 Å². The molecule has 0 aliphatic rings. The Morgan fingerprint density at radius 3 is 2.41 bits per heavy atom. The van der Waals surface area contributed by atoms with Crippen LogP contribution in [0.1, 0.15) is 29.8 Å². The maximum absolute atomic E-state index is 6.11. The van der Waals surface area contributed by atoms with Crippen LogP contribution in [0.15, 0.2) is 42.9 Å². The van der Waals surface area contributed by atoms with E-state index in [2.05, 4.69) is 41.2 Å². The molecule has 1 unspecified atom stereocenters. The monoisotopic (exact) mass is 227 g/mol. The van der Waals surface area contributed by atoms with Crippen molar-refractivity contribution < 1.29 is 0 Å². The Labute approximate surface area is 102 Å². The van der Waals surface area contributed by atoms with Crippen LogP contribution in [-0.2, 0) is 12.8 Å². The van der Waals surface area contributed by atoms with Gasteiger partial charge in [-0.1, -0.05) is 31.2 Å². The number of hydrogen-bond donors (Lipinski definition) is 1. The molecule has 3 nitrogen and oxygen atoms in total. The second kappa shape index (κ2) is 5.55. The first-order valence-electron chi connectivity index (χ1n) is 5.89. The van der Waals surface area contributed by atoms with Crippen molar-refractivity contribution in [1.82, 2.24) is 9.97 Å². The molecule has 88 valence electrons. The van der Waals surface area contributed by atoms with Crippen LogP contribution in [0.25, 0.3) is 0 Å². The molecule has 2 rings (SSSR count). The van der Waals surface area contributed by atoms with Crippen LogP contribution in [-0.4, -0.2) is 9.97 Å². The van der Waals surface area contributed by atoms with E-state index in [0.29, 0.717) is 0 Å². The van der Waals surface area contributed by atoms with Crippen molar-refractivity contribution in [2.75, 3.05) is 0 Å². The van der Waals surface area contributed by atoms with Gasteiger partial charge in [0.1, 0.15) is 6.33 Å². The molecule has 1 aromatic heterocycles. The normalized spacial score (nSPS) is 12.4. The van der Waals surface area contributed by atoms with Crippen LogP contribution in [0.3, 0.4) is 0 Å². The molecule has 17 heavy (non-hydrogen) atoms. The molecule has 2 aromatic rings. The van der Waals surface area contributed by atoms with Crippen LogP contribution in [0.4, 0.5) is 0 Å². The molecule has 2 N–H and O–H groups in total. The number of nitrogens with two attached hydrogens (primary N) is 1. The van der Waals surface area contributed by atoms with Crippen molar-refractivity contribution in [3.8, 4) is 0 Å². The van der Waals surface area contributed by atoms with E-state index in [-0.39, 0.29) is 6.04 Å². The van der Waals surface area contributed by atoms with Gasteiger partial charge in [0, 0.05) is 6.20 Å². The van der Waals surface area contributed by atoms with E-state index in [0.717, 1.165) is 18.5 Å². The minimum Gasteiger partial charge on any atom is -0.322 e. The van der Waals surface area contributed by atoms with E-state index in [1.165, 1.54) is 17.5 Å². The summed E-state index contributed by atoms with van der Waals surface area (Å²) in [6.45, 7) is 2.15. The van der Waals surface area contributed by atoms with Gasteiger partial charge >= 0.3 is 0 Å². The Hall–Kier alpha value is -1.74. The number of hydrogen-bond acceptors (Lipinski definition) is 3. The van der Waals surface area contributed by atoms with Gasteiger partial charge in [0.25, 0.3) is 0 Å². The molecular weight excluding hydrogens is 210 g/mol. The third-order valence-electron chi connectivity index (χ3n) is 2.87. The Morgan fingerprint density at radius 2 is 1.82 bits per heavy atom. The topological polar surface area (TPSA) is 51.8 Å². The summed E-state index contributed by atoms with van der Waals surface area (Å²) in [6.07, 6.45) is 5.14. The smallest absolute Gasteiger partial charge is 0.115 e. The van der Waals surface area contributed by atoms with Gasteiger partial charge < -0.3 is 5.73 Å². The number of nitrogens with zero attached hydrogens (tertiary/aromatic N) is 2. The molecule has 1 atom stereocenters. The fraction of sp³-hybridized carbons (Fsp3) is 0.286. The zero-order valence-electron chi connectivity index (χ0n) is 10.0. The SMILES string of the molecule is CCc1ccc(CC(N)c2ccncn2)cc1. The quantitative estimate of drug-likeness (QED) is 0.871. The summed E-state index contributed by atoms with van der Waals surface area (Å²) in [4.78, 5) is 8.06. The molecule has 0 amide bonds. The van der Waals surface area contributed by atoms with E-state index in [4.69, 9.17) is 5.73 Å². The second-order valence-corrected chi connectivity index (χ2v) is 4.11. The molecule has 0 aliphatic heterocycles. The van der Waals surface area contributed by atoms with Crippen molar-refractivity contribution in [2.45, 2.75) is 25.8 Å². The number of rotatable bonds is 4. The summed E-state index contributed by atoms with van der Waals surface area (Å²) in [7, 11) is 0. The number of aromatic nitrogens is 2. The first kappa shape index (κ1) is 11.7. The Bertz CT molecular complexity index is 451. The molecule has 0 aliphatic carbocycles. The fourth-order valence-corrected chi connectivity index (χ4v) is 1.79. The van der Waals surface area contributed by atoms with Crippen LogP contribution < -0.4 is 5.73 Å². The van der Waals surface area contributed by atoms with E-state index in [1.807, 2.05) is 6.07 Å². The summed E-state index contributed by atoms with van der Waals surface area (Å²) in [6, 6.07) is 10.4. The third-order valence-corrected chi connectivity index (χ3v) is 2.87. The molecule has 3 heteroatoms. The lowest BCUT2D eigenvalue weighted by atomic mass is 10.0. The summed E-state index contributed by atoms with van der Waals surface area (Å²) in [5, 5.41) is 0. The van der Waals surface area contributed by atoms with Gasteiger partial charge in [-0.25, -0.2) is 9.97 Å². The van der Waals surface area contributed by atoms with E-state index in [9.17, 15) is 0 Å². The van der Waals surface area contributed by atoms with Crippen LogP contribution in [0.5, 0.6) is 0 Å². The van der Waals surface area contributed by atoms with Gasteiger partial charge in [0.05, 0.1) is 11.7 Å². The van der Waals surface area contributed by atoms with Crippen molar-refractivity contribution in [3.63, 3.8) is 0 Å². The lowest BCUT2D eigenvalue weighted by Gasteiger charge is -2.10. The van der Waals surface area contributed by atoms with E-state index < -0.39 is 0 Å². The van der Waals surface area contributed by atoms with Gasteiger partial charge in [0.2, 0.25) is 0 Å². The van der Waals surface area contributed by atoms with Gasteiger partial charge in [-0.15, -0.1) is 0 Å². The highest BCUT2D eigenvalue weighted by Gasteiger charge is 2.07. The number of aryl methyl sites for hydroxylation is 1. The van der Waals surface area contributed by atoms with Crippen LogP contribution in [0.2, 0.25) is 0 Å². The zero-order chi connectivity index (χ0) is 12.1. The predicted molar refractivity (Wildman–Crippen MR) is 68.5 cm³/mol. The molecule has 0 spiro atoms. The van der Waals surface area contributed by atoms with Gasteiger partial charge in [0.15, 0.2) is 0 Å². The number of benzene rings is 1. The molecule has 1 aromatic carbocycles. The standard InChI is InChI=1S/C14H17N3/c1-2-11-3-5-12(6-4-11)9-13(15)14-7-8-16-10-17-14/h3-8,10,13H,2,9,15H2,1H3. The molecule has 0 saturated carbocycles. The van der Waals surface area contributed by atoms with Crippen molar-refractivity contribution in [1.29, 1.82) is 0 Å². The molecule has 0 fully saturated rings. The Morgan fingerprint density at radius 1 is 1.12 bits per heavy atom. The highest BCUT2D eigenvalue weighted by atomic mass is 14.8. The van der Waals surface area contributed by atoms with Gasteiger partial charge in [-0.3, -0.25) is 0 Å². The Kier molecular flexibility index (Phi) is 3.83. The van der Waals surface area contributed by atoms with Crippen molar-refractivity contribution in [3.05, 3.63) is 59.7 Å². The van der Waals surface area contributed by atoms with Gasteiger partial charge in [-0.05, 0) is 30.0 Å². The molecule has 0 radical (unpaired) electrons. The maximum atomic E-state index is 6.11. The zero-order valence-corrected chi connectivity index (χ0v) is 10.0. The predicted octanol–water partition coefficient (Wildman–Crippen LogP) is 2.28. The third kappa shape index (κ3) is 3.11. The second-order valence-electron chi connectivity index (χ2n) is 4.11. The highest BCUT2D eigenvalue weighted by molar-refractivity contribution is 5.24. The summed E-state index contributed by atoms with van der Waals surface area (Å²) in [5.74, 6) is 0. The summed E-state index contributed by atoms with van der Waals surface area (Å²) < 4.78 is 0. The molecule has 1 heterocycles. The maximum Gasteiger partial charge on any atom is 0.115 e. The average Bonchev–Trinajstić information content (AvgIpc) is 2.40. The highest BCUT2D eigenvalue weighted by Crippen LogP contribution is 2.14. The Balaban J connectivity index is 2.05. The van der Waals surface area contributed by atoms with E-state index in [1.54, 1.807) is 6.20 Å². The molecular formula is C14H17N3.